The van der Waals surface area contributed by atoms with Gasteiger partial charge in [0, 0.05) is 38.8 Å². The van der Waals surface area contributed by atoms with E-state index in [9.17, 15) is 14.0 Å². The van der Waals surface area contributed by atoms with Crippen molar-refractivity contribution in [1.82, 2.24) is 14.7 Å². The fourth-order valence-corrected chi connectivity index (χ4v) is 3.06. The second-order valence-electron chi connectivity index (χ2n) is 6.86. The molecule has 2 heterocycles. The lowest BCUT2D eigenvalue weighted by atomic mass is 10.2. The minimum atomic E-state index is -0.255. The molecule has 0 bridgehead atoms. The van der Waals surface area contributed by atoms with E-state index in [0.29, 0.717) is 38.4 Å². The number of para-hydroxylation sites is 1. The van der Waals surface area contributed by atoms with Gasteiger partial charge in [-0.25, -0.2) is 9.07 Å². The van der Waals surface area contributed by atoms with E-state index < -0.39 is 0 Å². The molecule has 0 spiro atoms. The lowest BCUT2D eigenvalue weighted by Gasteiger charge is -2.36. The molecule has 1 amide bonds. The highest BCUT2D eigenvalue weighted by Crippen LogP contribution is 2.20. The number of benzene rings is 1. The highest BCUT2D eigenvalue weighted by atomic mass is 19.1. The molecule has 7 heteroatoms. The molecule has 1 aliphatic rings. The summed E-state index contributed by atoms with van der Waals surface area (Å²) in [5, 5.41) is 4.22. The van der Waals surface area contributed by atoms with Gasteiger partial charge in [-0.2, -0.15) is 5.10 Å². The third-order valence-corrected chi connectivity index (χ3v) is 4.38. The Morgan fingerprint density at radius 1 is 1.12 bits per heavy atom. The molecule has 3 rings (SSSR count). The van der Waals surface area contributed by atoms with Crippen LogP contribution in [0.5, 0.6) is 0 Å². The minimum absolute atomic E-state index is 0.198. The Labute approximate surface area is 151 Å². The molecule has 1 saturated heterocycles. The first kappa shape index (κ1) is 18.1. The van der Waals surface area contributed by atoms with E-state index in [4.69, 9.17) is 0 Å². The quantitative estimate of drug-likeness (QED) is 0.839. The van der Waals surface area contributed by atoms with Crippen molar-refractivity contribution >= 4 is 11.6 Å². The first-order chi connectivity index (χ1) is 12.5. The van der Waals surface area contributed by atoms with E-state index in [-0.39, 0.29) is 28.9 Å². The van der Waals surface area contributed by atoms with E-state index in [1.807, 2.05) is 18.7 Å². The van der Waals surface area contributed by atoms with Crippen LogP contribution in [0.25, 0.3) is 0 Å². The van der Waals surface area contributed by atoms with Crippen molar-refractivity contribution in [3.05, 3.63) is 58.3 Å². The molecule has 1 aliphatic heterocycles. The van der Waals surface area contributed by atoms with Crippen LogP contribution in [-0.2, 0) is 6.54 Å². The molecule has 0 unspecified atom stereocenters. The van der Waals surface area contributed by atoms with Crippen LogP contribution in [0.1, 0.15) is 24.3 Å². The lowest BCUT2D eigenvalue weighted by Crippen LogP contribution is -2.49. The maximum atomic E-state index is 13.9. The van der Waals surface area contributed by atoms with Crippen molar-refractivity contribution in [3.8, 4) is 0 Å². The summed E-state index contributed by atoms with van der Waals surface area (Å²) in [6, 6.07) is 9.52. The Morgan fingerprint density at radius 3 is 2.46 bits per heavy atom. The number of carbonyl (C=O) groups is 1. The van der Waals surface area contributed by atoms with Crippen molar-refractivity contribution in [3.63, 3.8) is 0 Å². The zero-order valence-corrected chi connectivity index (χ0v) is 15.1. The number of amides is 1. The molecule has 26 heavy (non-hydrogen) atoms. The third-order valence-electron chi connectivity index (χ3n) is 4.38. The van der Waals surface area contributed by atoms with E-state index in [1.165, 1.54) is 22.9 Å². The molecule has 6 nitrogen and oxygen atoms in total. The summed E-state index contributed by atoms with van der Waals surface area (Å²) in [6.45, 7) is 6.53. The molecular formula is C19H23FN4O2. The monoisotopic (exact) mass is 358 g/mol. The maximum Gasteiger partial charge on any atom is 0.274 e. The Kier molecular flexibility index (Phi) is 5.35. The molecule has 1 fully saturated rings. The van der Waals surface area contributed by atoms with Crippen molar-refractivity contribution < 1.29 is 9.18 Å². The first-order valence-corrected chi connectivity index (χ1v) is 8.82. The Morgan fingerprint density at radius 2 is 1.81 bits per heavy atom. The number of rotatable bonds is 4. The first-order valence-electron chi connectivity index (χ1n) is 8.82. The molecule has 0 radical (unpaired) electrons. The summed E-state index contributed by atoms with van der Waals surface area (Å²) in [5.41, 5.74) is 0.618. The Balaban J connectivity index is 1.69. The maximum absolute atomic E-state index is 13.9. The van der Waals surface area contributed by atoms with Crippen LogP contribution in [0.2, 0.25) is 0 Å². The van der Waals surface area contributed by atoms with Crippen LogP contribution >= 0.6 is 0 Å². The SMILES string of the molecule is CC(C)Cn1nc(C(=O)N2CCN(c3ccccc3F)CC2)ccc1=O. The zero-order valence-electron chi connectivity index (χ0n) is 15.1. The lowest BCUT2D eigenvalue weighted by molar-refractivity contribution is 0.0737. The minimum Gasteiger partial charge on any atom is -0.366 e. The van der Waals surface area contributed by atoms with Gasteiger partial charge in [-0.1, -0.05) is 26.0 Å². The van der Waals surface area contributed by atoms with Crippen molar-refractivity contribution in [2.75, 3.05) is 31.1 Å². The normalized spacial score (nSPS) is 14.8. The molecule has 0 aliphatic carbocycles. The number of nitrogens with zero attached hydrogens (tertiary/aromatic N) is 4. The van der Waals surface area contributed by atoms with Crippen LogP contribution in [0.3, 0.4) is 0 Å². The van der Waals surface area contributed by atoms with Crippen molar-refractivity contribution in [2.45, 2.75) is 20.4 Å². The van der Waals surface area contributed by atoms with Gasteiger partial charge in [-0.05, 0) is 24.1 Å². The number of halogens is 1. The molecular weight excluding hydrogens is 335 g/mol. The third kappa shape index (κ3) is 3.92. The summed E-state index contributed by atoms with van der Waals surface area (Å²) in [6.07, 6.45) is 0. The van der Waals surface area contributed by atoms with Gasteiger partial charge in [0.1, 0.15) is 11.5 Å². The van der Waals surface area contributed by atoms with E-state index in [2.05, 4.69) is 5.10 Å². The standard InChI is InChI=1S/C19H23FN4O2/c1-14(2)13-24-18(25)8-7-16(21-24)19(26)23-11-9-22(10-12-23)17-6-4-3-5-15(17)20/h3-8,14H,9-13H2,1-2H3. The average Bonchev–Trinajstić information content (AvgIpc) is 2.63. The van der Waals surface area contributed by atoms with Crippen LogP contribution in [0, 0.1) is 11.7 Å². The van der Waals surface area contributed by atoms with Crippen LogP contribution in [0.15, 0.2) is 41.2 Å². The summed E-state index contributed by atoms with van der Waals surface area (Å²) >= 11 is 0. The molecule has 0 N–H and O–H groups in total. The van der Waals surface area contributed by atoms with Gasteiger partial charge in [0.05, 0.1) is 5.69 Å². The number of carbonyl (C=O) groups excluding carboxylic acids is 1. The fraction of sp³-hybridized carbons (Fsp3) is 0.421. The molecule has 138 valence electrons. The van der Waals surface area contributed by atoms with Gasteiger partial charge < -0.3 is 9.80 Å². The van der Waals surface area contributed by atoms with E-state index in [0.717, 1.165) is 0 Å². The van der Waals surface area contributed by atoms with E-state index >= 15 is 0 Å². The molecule has 2 aromatic rings. The highest BCUT2D eigenvalue weighted by Gasteiger charge is 2.24. The van der Waals surface area contributed by atoms with E-state index in [1.54, 1.807) is 23.1 Å². The smallest absolute Gasteiger partial charge is 0.274 e. The van der Waals surface area contributed by atoms with Gasteiger partial charge >= 0.3 is 0 Å². The highest BCUT2D eigenvalue weighted by molar-refractivity contribution is 5.92. The van der Waals surface area contributed by atoms with Crippen molar-refractivity contribution in [2.24, 2.45) is 5.92 Å². The molecule has 0 atom stereocenters. The number of piperazine rings is 1. The topological polar surface area (TPSA) is 58.4 Å². The summed E-state index contributed by atoms with van der Waals surface area (Å²) in [7, 11) is 0. The van der Waals surface area contributed by atoms with Crippen LogP contribution in [0.4, 0.5) is 10.1 Å². The second kappa shape index (κ2) is 7.68. The van der Waals surface area contributed by atoms with Gasteiger partial charge in [0.15, 0.2) is 0 Å². The molecule has 1 aromatic heterocycles. The van der Waals surface area contributed by atoms with Gasteiger partial charge in [-0.3, -0.25) is 9.59 Å². The Bertz CT molecular complexity index is 841. The number of hydrogen-bond acceptors (Lipinski definition) is 4. The summed E-state index contributed by atoms with van der Waals surface area (Å²) < 4.78 is 15.3. The van der Waals surface area contributed by atoms with Crippen molar-refractivity contribution in [1.29, 1.82) is 0 Å². The molecule has 1 aromatic carbocycles. The largest absolute Gasteiger partial charge is 0.366 e. The predicted octanol–water partition coefficient (Wildman–Crippen LogP) is 2.00. The zero-order chi connectivity index (χ0) is 18.7. The molecule has 0 saturated carbocycles. The number of anilines is 1. The van der Waals surface area contributed by atoms with Gasteiger partial charge in [0.2, 0.25) is 0 Å². The predicted molar refractivity (Wildman–Crippen MR) is 97.9 cm³/mol. The van der Waals surface area contributed by atoms with Gasteiger partial charge in [0.25, 0.3) is 11.5 Å². The number of hydrogen-bond donors (Lipinski definition) is 0. The summed E-state index contributed by atoms with van der Waals surface area (Å²) in [5.74, 6) is -0.194. The van der Waals surface area contributed by atoms with Gasteiger partial charge in [-0.15, -0.1) is 0 Å². The second-order valence-corrected chi connectivity index (χ2v) is 6.86. The Hall–Kier alpha value is -2.70. The van der Waals surface area contributed by atoms with Crippen LogP contribution < -0.4 is 10.5 Å². The average molecular weight is 358 g/mol. The van der Waals surface area contributed by atoms with Crippen LogP contribution in [-0.4, -0.2) is 46.8 Å². The fourth-order valence-electron chi connectivity index (χ4n) is 3.06. The number of aromatic nitrogens is 2. The summed E-state index contributed by atoms with van der Waals surface area (Å²) in [4.78, 5) is 28.2.